The summed E-state index contributed by atoms with van der Waals surface area (Å²) in [4.78, 5) is 12.0. The van der Waals surface area contributed by atoms with E-state index in [1.54, 1.807) is 11.8 Å². The third-order valence-electron chi connectivity index (χ3n) is 3.33. The van der Waals surface area contributed by atoms with E-state index in [0.717, 1.165) is 22.6 Å². The summed E-state index contributed by atoms with van der Waals surface area (Å²) >= 11 is 1.64. The van der Waals surface area contributed by atoms with Crippen LogP contribution in [0.15, 0.2) is 42.5 Å². The number of anilines is 1. The zero-order valence-corrected chi connectivity index (χ0v) is 13.6. The van der Waals surface area contributed by atoms with Crippen molar-refractivity contribution in [3.05, 3.63) is 64.7 Å². The van der Waals surface area contributed by atoms with Crippen LogP contribution in [0.5, 0.6) is 0 Å². The molecule has 1 N–H and O–H groups in total. The van der Waals surface area contributed by atoms with Crippen LogP contribution in [0.2, 0.25) is 0 Å². The minimum atomic E-state index is 0.0602. The van der Waals surface area contributed by atoms with Gasteiger partial charge in [-0.2, -0.15) is 0 Å². The fourth-order valence-electron chi connectivity index (χ4n) is 2.25. The minimum Gasteiger partial charge on any atom is -0.325 e. The number of aryl methyl sites for hydroxylation is 3. The summed E-state index contributed by atoms with van der Waals surface area (Å²) in [5.74, 6) is 1.40. The zero-order valence-electron chi connectivity index (χ0n) is 12.8. The number of rotatable bonds is 5. The molecule has 0 radical (unpaired) electrons. The van der Waals surface area contributed by atoms with Gasteiger partial charge in [0.2, 0.25) is 5.91 Å². The van der Waals surface area contributed by atoms with E-state index in [1.165, 1.54) is 11.1 Å². The molecule has 1 amide bonds. The lowest BCUT2D eigenvalue weighted by molar-refractivity contribution is -0.113. The predicted molar refractivity (Wildman–Crippen MR) is 91.9 cm³/mol. The first-order chi connectivity index (χ1) is 10.1. The quantitative estimate of drug-likeness (QED) is 0.881. The van der Waals surface area contributed by atoms with Gasteiger partial charge in [-0.1, -0.05) is 48.0 Å². The molecule has 0 aliphatic carbocycles. The van der Waals surface area contributed by atoms with Gasteiger partial charge in [0.05, 0.1) is 5.75 Å². The van der Waals surface area contributed by atoms with Gasteiger partial charge in [0, 0.05) is 11.4 Å². The Morgan fingerprint density at radius 2 is 1.71 bits per heavy atom. The van der Waals surface area contributed by atoms with Crippen molar-refractivity contribution in [3.8, 4) is 0 Å². The number of carbonyl (C=O) groups is 1. The predicted octanol–water partition coefficient (Wildman–Crippen LogP) is 4.48. The summed E-state index contributed by atoms with van der Waals surface area (Å²) in [7, 11) is 0. The SMILES string of the molecule is Cc1cccc(CSCC(=O)Nc2c(C)cccc2C)c1. The number of hydrogen-bond donors (Lipinski definition) is 1. The molecule has 0 aliphatic heterocycles. The third-order valence-corrected chi connectivity index (χ3v) is 4.33. The zero-order chi connectivity index (χ0) is 15.2. The molecule has 0 heterocycles. The number of para-hydroxylation sites is 1. The number of amides is 1. The van der Waals surface area contributed by atoms with E-state index >= 15 is 0 Å². The number of thioether (sulfide) groups is 1. The summed E-state index contributed by atoms with van der Waals surface area (Å²) in [6, 6.07) is 14.4. The second-order valence-electron chi connectivity index (χ2n) is 5.30. The molecule has 0 unspecified atom stereocenters. The number of benzene rings is 2. The van der Waals surface area contributed by atoms with E-state index in [0.29, 0.717) is 5.75 Å². The van der Waals surface area contributed by atoms with Crippen molar-refractivity contribution in [1.82, 2.24) is 0 Å². The first-order valence-electron chi connectivity index (χ1n) is 7.05. The van der Waals surface area contributed by atoms with E-state index < -0.39 is 0 Å². The Bertz CT molecular complexity index is 617. The highest BCUT2D eigenvalue weighted by atomic mass is 32.2. The lowest BCUT2D eigenvalue weighted by Gasteiger charge is -2.11. The first kappa shape index (κ1) is 15.6. The molecule has 2 rings (SSSR count). The Kier molecular flexibility index (Phi) is 5.45. The fourth-order valence-corrected chi connectivity index (χ4v) is 3.03. The number of carbonyl (C=O) groups excluding carboxylic acids is 1. The van der Waals surface area contributed by atoms with Gasteiger partial charge in [0.15, 0.2) is 0 Å². The molecule has 0 aliphatic rings. The van der Waals surface area contributed by atoms with Gasteiger partial charge >= 0.3 is 0 Å². The van der Waals surface area contributed by atoms with Gasteiger partial charge in [0.25, 0.3) is 0 Å². The molecule has 2 nitrogen and oxygen atoms in total. The lowest BCUT2D eigenvalue weighted by Crippen LogP contribution is -2.15. The Morgan fingerprint density at radius 3 is 2.38 bits per heavy atom. The van der Waals surface area contributed by atoms with Crippen LogP contribution in [0.25, 0.3) is 0 Å². The van der Waals surface area contributed by atoms with Crippen LogP contribution in [-0.4, -0.2) is 11.7 Å². The Labute approximate surface area is 131 Å². The Hall–Kier alpha value is -1.74. The highest BCUT2D eigenvalue weighted by Crippen LogP contribution is 2.20. The van der Waals surface area contributed by atoms with Crippen LogP contribution in [0.4, 0.5) is 5.69 Å². The minimum absolute atomic E-state index is 0.0602. The second-order valence-corrected chi connectivity index (χ2v) is 6.28. The topological polar surface area (TPSA) is 29.1 Å². The molecule has 0 aromatic heterocycles. The molecule has 0 fully saturated rings. The molecule has 0 spiro atoms. The van der Waals surface area contributed by atoms with Crippen LogP contribution in [0, 0.1) is 20.8 Å². The largest absolute Gasteiger partial charge is 0.325 e. The third kappa shape index (κ3) is 4.64. The average Bonchev–Trinajstić information content (AvgIpc) is 2.43. The molecule has 0 atom stereocenters. The maximum Gasteiger partial charge on any atom is 0.234 e. The smallest absolute Gasteiger partial charge is 0.234 e. The van der Waals surface area contributed by atoms with Gasteiger partial charge in [-0.05, 0) is 37.5 Å². The summed E-state index contributed by atoms with van der Waals surface area (Å²) in [5.41, 5.74) is 5.67. The molecule has 0 saturated heterocycles. The number of hydrogen-bond acceptors (Lipinski definition) is 2. The van der Waals surface area contributed by atoms with Crippen molar-refractivity contribution in [2.24, 2.45) is 0 Å². The molecule has 110 valence electrons. The van der Waals surface area contributed by atoms with Crippen molar-refractivity contribution < 1.29 is 4.79 Å². The standard InChI is InChI=1S/C18H21NOS/c1-13-6-4-9-16(10-13)11-21-12-17(20)19-18-14(2)7-5-8-15(18)3/h4-10H,11-12H2,1-3H3,(H,19,20). The summed E-state index contributed by atoms with van der Waals surface area (Å²) < 4.78 is 0. The van der Waals surface area contributed by atoms with Gasteiger partial charge in [-0.3, -0.25) is 4.79 Å². The maximum absolute atomic E-state index is 12.0. The van der Waals surface area contributed by atoms with Crippen molar-refractivity contribution in [1.29, 1.82) is 0 Å². The fraction of sp³-hybridized carbons (Fsp3) is 0.278. The molecular weight excluding hydrogens is 278 g/mol. The van der Waals surface area contributed by atoms with Gasteiger partial charge in [0.1, 0.15) is 0 Å². The molecule has 0 bridgehead atoms. The van der Waals surface area contributed by atoms with Crippen molar-refractivity contribution >= 4 is 23.4 Å². The molecule has 0 saturated carbocycles. The van der Waals surface area contributed by atoms with E-state index in [9.17, 15) is 4.79 Å². The van der Waals surface area contributed by atoms with E-state index in [2.05, 4.69) is 36.5 Å². The molecular formula is C18H21NOS. The molecule has 2 aromatic carbocycles. The second kappa shape index (κ2) is 7.32. The number of nitrogens with one attached hydrogen (secondary N) is 1. The summed E-state index contributed by atoms with van der Waals surface area (Å²) in [5, 5.41) is 3.02. The Balaban J connectivity index is 1.85. The van der Waals surface area contributed by atoms with Gasteiger partial charge in [-0.15, -0.1) is 11.8 Å². The van der Waals surface area contributed by atoms with Crippen LogP contribution in [-0.2, 0) is 10.5 Å². The molecule has 2 aromatic rings. The first-order valence-corrected chi connectivity index (χ1v) is 8.21. The van der Waals surface area contributed by atoms with Gasteiger partial charge < -0.3 is 5.32 Å². The van der Waals surface area contributed by atoms with Crippen LogP contribution >= 0.6 is 11.8 Å². The van der Waals surface area contributed by atoms with Crippen LogP contribution < -0.4 is 5.32 Å². The normalized spacial score (nSPS) is 10.4. The van der Waals surface area contributed by atoms with Crippen molar-refractivity contribution in [3.63, 3.8) is 0 Å². The molecule has 3 heteroatoms. The van der Waals surface area contributed by atoms with Crippen LogP contribution in [0.3, 0.4) is 0 Å². The van der Waals surface area contributed by atoms with E-state index in [1.807, 2.05) is 32.0 Å². The van der Waals surface area contributed by atoms with Gasteiger partial charge in [-0.25, -0.2) is 0 Å². The highest BCUT2D eigenvalue weighted by Gasteiger charge is 2.07. The summed E-state index contributed by atoms with van der Waals surface area (Å²) in [6.45, 7) is 6.12. The van der Waals surface area contributed by atoms with Crippen molar-refractivity contribution in [2.75, 3.05) is 11.1 Å². The van der Waals surface area contributed by atoms with E-state index in [4.69, 9.17) is 0 Å². The monoisotopic (exact) mass is 299 g/mol. The average molecular weight is 299 g/mol. The highest BCUT2D eigenvalue weighted by molar-refractivity contribution is 7.99. The maximum atomic E-state index is 12.0. The molecule has 21 heavy (non-hydrogen) atoms. The van der Waals surface area contributed by atoms with E-state index in [-0.39, 0.29) is 5.91 Å². The summed E-state index contributed by atoms with van der Waals surface area (Å²) in [6.07, 6.45) is 0. The Morgan fingerprint density at radius 1 is 1.05 bits per heavy atom. The van der Waals surface area contributed by atoms with Crippen molar-refractivity contribution in [2.45, 2.75) is 26.5 Å². The lowest BCUT2D eigenvalue weighted by atomic mass is 10.1. The van der Waals surface area contributed by atoms with Crippen LogP contribution in [0.1, 0.15) is 22.3 Å².